The second kappa shape index (κ2) is 8.20. The monoisotopic (exact) mass is 412 g/mol. The lowest BCUT2D eigenvalue weighted by Gasteiger charge is -2.34. The molecule has 1 aliphatic rings. The molecule has 3 rings (SSSR count). The summed E-state index contributed by atoms with van der Waals surface area (Å²) in [6, 6.07) is 10.7. The van der Waals surface area contributed by atoms with Crippen LogP contribution in [0.4, 0.5) is 18.9 Å². The van der Waals surface area contributed by atoms with Crippen molar-refractivity contribution in [3.8, 4) is 0 Å². The molecule has 5 nitrogen and oxygen atoms in total. The number of anilines is 1. The van der Waals surface area contributed by atoms with E-state index in [0.717, 1.165) is 23.8 Å². The lowest BCUT2D eigenvalue weighted by molar-refractivity contribution is -0.154. The molecule has 1 heterocycles. The maximum Gasteiger partial charge on any atom is 0.416 e. The van der Waals surface area contributed by atoms with Crippen LogP contribution in [0.25, 0.3) is 0 Å². The maximum absolute atomic E-state index is 12.9. The summed E-state index contributed by atoms with van der Waals surface area (Å²) in [5.74, 6) is -1.06. The molecule has 1 N–H and O–H groups in total. The first-order chi connectivity index (χ1) is 13.3. The van der Waals surface area contributed by atoms with Crippen LogP contribution in [0.2, 0.25) is 5.02 Å². The van der Waals surface area contributed by atoms with Gasteiger partial charge in [0.1, 0.15) is 12.6 Å². The minimum atomic E-state index is -4.58. The van der Waals surface area contributed by atoms with Crippen LogP contribution in [0.1, 0.15) is 11.1 Å². The molecule has 1 saturated heterocycles. The number of halogens is 4. The number of ether oxygens (including phenoxy) is 1. The number of nitrogens with zero attached hydrogens (tertiary/aromatic N) is 1. The molecule has 0 saturated carbocycles. The van der Waals surface area contributed by atoms with Crippen LogP contribution in [-0.4, -0.2) is 36.0 Å². The number of rotatable bonds is 4. The van der Waals surface area contributed by atoms with Crippen LogP contribution in [-0.2, 0) is 27.0 Å². The predicted molar refractivity (Wildman–Crippen MR) is 96.7 cm³/mol. The number of carbonyl (C=O) groups is 2. The largest absolute Gasteiger partial charge is 0.416 e. The van der Waals surface area contributed by atoms with Crippen LogP contribution >= 0.6 is 11.6 Å². The van der Waals surface area contributed by atoms with E-state index in [0.29, 0.717) is 0 Å². The molecule has 0 aromatic heterocycles. The van der Waals surface area contributed by atoms with Crippen LogP contribution in [0.5, 0.6) is 0 Å². The van der Waals surface area contributed by atoms with Gasteiger partial charge in [-0.1, -0.05) is 41.9 Å². The number of hydrogen-bond donors (Lipinski definition) is 1. The van der Waals surface area contributed by atoms with Crippen molar-refractivity contribution in [1.29, 1.82) is 0 Å². The van der Waals surface area contributed by atoms with Crippen molar-refractivity contribution in [3.05, 3.63) is 64.7 Å². The zero-order chi connectivity index (χ0) is 20.3. The summed E-state index contributed by atoms with van der Waals surface area (Å²) in [6.45, 7) is -0.0562. The Morgan fingerprint density at radius 3 is 2.61 bits per heavy atom. The third-order valence-corrected chi connectivity index (χ3v) is 4.58. The summed E-state index contributed by atoms with van der Waals surface area (Å²) in [4.78, 5) is 26.3. The Hall–Kier alpha value is -2.58. The van der Waals surface area contributed by atoms with Crippen molar-refractivity contribution in [1.82, 2.24) is 4.90 Å². The first-order valence-corrected chi connectivity index (χ1v) is 8.72. The first-order valence-electron chi connectivity index (χ1n) is 8.34. The SMILES string of the molecule is O=C(Nc1cc(C(F)(F)F)ccc1Cl)[C@@H]1COCC(=O)N1Cc1ccccc1. The highest BCUT2D eigenvalue weighted by Gasteiger charge is 2.35. The summed E-state index contributed by atoms with van der Waals surface area (Å²) in [5, 5.41) is 2.34. The fourth-order valence-electron chi connectivity index (χ4n) is 2.81. The zero-order valence-corrected chi connectivity index (χ0v) is 15.3. The van der Waals surface area contributed by atoms with Gasteiger partial charge in [0.15, 0.2) is 0 Å². The van der Waals surface area contributed by atoms with Gasteiger partial charge in [-0.25, -0.2) is 0 Å². The summed E-state index contributed by atoms with van der Waals surface area (Å²) in [6.07, 6.45) is -4.58. The van der Waals surface area contributed by atoms with Gasteiger partial charge in [-0.05, 0) is 23.8 Å². The molecular formula is C19H16ClF3N2O3. The van der Waals surface area contributed by atoms with E-state index in [4.69, 9.17) is 16.3 Å². The maximum atomic E-state index is 12.9. The van der Waals surface area contributed by atoms with Crippen molar-refractivity contribution in [2.75, 3.05) is 18.5 Å². The molecule has 28 heavy (non-hydrogen) atoms. The molecular weight excluding hydrogens is 397 g/mol. The van der Waals surface area contributed by atoms with Crippen LogP contribution in [0.3, 0.4) is 0 Å². The summed E-state index contributed by atoms with van der Waals surface area (Å²) >= 11 is 5.93. The van der Waals surface area contributed by atoms with Gasteiger partial charge in [-0.15, -0.1) is 0 Å². The standard InChI is InChI=1S/C19H16ClF3N2O3/c20-14-7-6-13(19(21,22)23)8-15(14)24-18(27)16-10-28-11-17(26)25(16)9-12-4-2-1-3-5-12/h1-8,16H,9-11H2,(H,24,27)/t16-/m0/s1. The average molecular weight is 413 g/mol. The highest BCUT2D eigenvalue weighted by atomic mass is 35.5. The molecule has 0 bridgehead atoms. The molecule has 148 valence electrons. The Morgan fingerprint density at radius 2 is 1.93 bits per heavy atom. The Kier molecular flexibility index (Phi) is 5.90. The zero-order valence-electron chi connectivity index (χ0n) is 14.5. The van der Waals surface area contributed by atoms with Crippen LogP contribution in [0.15, 0.2) is 48.5 Å². The molecule has 1 fully saturated rings. The fourth-order valence-corrected chi connectivity index (χ4v) is 2.98. The summed E-state index contributed by atoms with van der Waals surface area (Å²) in [5.41, 5.74) is -0.309. The molecule has 0 unspecified atom stereocenters. The predicted octanol–water partition coefficient (Wildman–Crippen LogP) is 3.72. The second-order valence-electron chi connectivity index (χ2n) is 6.22. The van der Waals surface area contributed by atoms with Gasteiger partial charge < -0.3 is 15.0 Å². The molecule has 2 amide bonds. The Balaban J connectivity index is 1.81. The number of benzene rings is 2. The van der Waals surface area contributed by atoms with Gasteiger partial charge in [-0.3, -0.25) is 9.59 Å². The van der Waals surface area contributed by atoms with Gasteiger partial charge in [-0.2, -0.15) is 13.2 Å². The van der Waals surface area contributed by atoms with E-state index >= 15 is 0 Å². The van der Waals surface area contributed by atoms with E-state index in [9.17, 15) is 22.8 Å². The van der Waals surface area contributed by atoms with Crippen molar-refractivity contribution in [2.24, 2.45) is 0 Å². The molecule has 0 aliphatic carbocycles. The number of carbonyl (C=O) groups excluding carboxylic acids is 2. The summed E-state index contributed by atoms with van der Waals surface area (Å²) in [7, 11) is 0. The van der Waals surface area contributed by atoms with E-state index in [2.05, 4.69) is 5.32 Å². The van der Waals surface area contributed by atoms with Gasteiger partial charge in [0.2, 0.25) is 11.8 Å². The lowest BCUT2D eigenvalue weighted by Crippen LogP contribution is -2.54. The van der Waals surface area contributed by atoms with Crippen LogP contribution in [0, 0.1) is 0 Å². The normalized spacial score (nSPS) is 17.5. The molecule has 0 radical (unpaired) electrons. The third kappa shape index (κ3) is 4.63. The quantitative estimate of drug-likeness (QED) is 0.832. The van der Waals surface area contributed by atoms with Crippen molar-refractivity contribution < 1.29 is 27.5 Å². The topological polar surface area (TPSA) is 58.6 Å². The van der Waals surface area contributed by atoms with Gasteiger partial charge in [0.05, 0.1) is 22.9 Å². The molecule has 0 spiro atoms. The fraction of sp³-hybridized carbons (Fsp3) is 0.263. The molecule has 1 atom stereocenters. The van der Waals surface area contributed by atoms with Crippen molar-refractivity contribution in [3.63, 3.8) is 0 Å². The Morgan fingerprint density at radius 1 is 1.21 bits per heavy atom. The minimum absolute atomic E-state index is 0.0426. The number of alkyl halides is 3. The highest BCUT2D eigenvalue weighted by molar-refractivity contribution is 6.33. The molecule has 1 aliphatic heterocycles. The van der Waals surface area contributed by atoms with E-state index in [1.54, 1.807) is 24.3 Å². The average Bonchev–Trinajstić information content (AvgIpc) is 2.65. The van der Waals surface area contributed by atoms with Gasteiger partial charge in [0, 0.05) is 6.54 Å². The van der Waals surface area contributed by atoms with Crippen molar-refractivity contribution in [2.45, 2.75) is 18.8 Å². The van der Waals surface area contributed by atoms with E-state index in [1.165, 1.54) is 4.90 Å². The van der Waals surface area contributed by atoms with Crippen LogP contribution < -0.4 is 5.32 Å². The van der Waals surface area contributed by atoms with Gasteiger partial charge >= 0.3 is 6.18 Å². The van der Waals surface area contributed by atoms with E-state index in [-0.39, 0.29) is 36.4 Å². The minimum Gasteiger partial charge on any atom is -0.369 e. The van der Waals surface area contributed by atoms with E-state index < -0.39 is 23.7 Å². The second-order valence-corrected chi connectivity index (χ2v) is 6.63. The number of nitrogens with one attached hydrogen (secondary N) is 1. The molecule has 2 aromatic carbocycles. The Bertz CT molecular complexity index is 874. The molecule has 2 aromatic rings. The smallest absolute Gasteiger partial charge is 0.369 e. The molecule has 9 heteroatoms. The first kappa shape index (κ1) is 20.2. The number of amides is 2. The number of hydrogen-bond acceptors (Lipinski definition) is 3. The highest BCUT2D eigenvalue weighted by Crippen LogP contribution is 2.34. The summed E-state index contributed by atoms with van der Waals surface area (Å²) < 4.78 is 43.9. The van der Waals surface area contributed by atoms with Crippen molar-refractivity contribution >= 4 is 29.1 Å². The van der Waals surface area contributed by atoms with E-state index in [1.807, 2.05) is 6.07 Å². The number of morpholine rings is 1. The Labute approximate surface area is 164 Å². The van der Waals surface area contributed by atoms with Gasteiger partial charge in [0.25, 0.3) is 0 Å². The third-order valence-electron chi connectivity index (χ3n) is 4.25. The lowest BCUT2D eigenvalue weighted by atomic mass is 10.1.